The molecule has 2 rings (SSSR count). The zero-order valence-corrected chi connectivity index (χ0v) is 15.6. The van der Waals surface area contributed by atoms with Gasteiger partial charge in [-0.05, 0) is 49.4 Å². The Bertz CT molecular complexity index is 767. The minimum absolute atomic E-state index is 0.122. The first-order valence-corrected chi connectivity index (χ1v) is 9.10. The fourth-order valence-electron chi connectivity index (χ4n) is 2.15. The number of hydrogen-bond acceptors (Lipinski definition) is 4. The molecule has 0 bridgehead atoms. The van der Waals surface area contributed by atoms with Gasteiger partial charge in [-0.15, -0.1) is 11.3 Å². The van der Waals surface area contributed by atoms with E-state index in [4.69, 9.17) is 5.11 Å². The van der Waals surface area contributed by atoms with Crippen LogP contribution in [-0.2, 0) is 11.3 Å². The van der Waals surface area contributed by atoms with Gasteiger partial charge < -0.3 is 15.7 Å². The highest BCUT2D eigenvalue weighted by atomic mass is 32.1. The fraction of sp³-hybridized carbons (Fsp3) is 0.316. The summed E-state index contributed by atoms with van der Waals surface area (Å²) in [7, 11) is 0. The maximum atomic E-state index is 12.1. The highest BCUT2D eigenvalue weighted by Gasteiger charge is 2.26. The highest BCUT2D eigenvalue weighted by Crippen LogP contribution is 2.19. The molecule has 2 aromatic rings. The second-order valence-corrected chi connectivity index (χ2v) is 7.50. The molecule has 0 radical (unpaired) electrons. The Morgan fingerprint density at radius 2 is 1.73 bits per heavy atom. The SMILES string of the molecule is CC(C)(CCNC(=O)c1ccc(CNC(=O)c2cccs2)cc1)C(=O)O. The minimum Gasteiger partial charge on any atom is -0.481 e. The third kappa shape index (κ3) is 5.42. The lowest BCUT2D eigenvalue weighted by Gasteiger charge is -2.18. The quantitative estimate of drug-likeness (QED) is 0.662. The Balaban J connectivity index is 1.81. The van der Waals surface area contributed by atoms with Gasteiger partial charge in [0.1, 0.15) is 0 Å². The number of carboxylic acid groups (broad SMARTS) is 1. The molecule has 6 nitrogen and oxygen atoms in total. The molecule has 0 fully saturated rings. The average Bonchev–Trinajstić information content (AvgIpc) is 3.14. The van der Waals surface area contributed by atoms with Crippen molar-refractivity contribution in [2.45, 2.75) is 26.8 Å². The van der Waals surface area contributed by atoms with Crippen LogP contribution in [-0.4, -0.2) is 29.4 Å². The number of carboxylic acids is 1. The predicted octanol–water partition coefficient (Wildman–Crippen LogP) is 2.91. The van der Waals surface area contributed by atoms with Crippen LogP contribution in [0, 0.1) is 5.41 Å². The van der Waals surface area contributed by atoms with Crippen LogP contribution >= 0.6 is 11.3 Å². The molecule has 0 saturated carbocycles. The topological polar surface area (TPSA) is 95.5 Å². The second kappa shape index (κ2) is 8.62. The Labute approximate surface area is 156 Å². The summed E-state index contributed by atoms with van der Waals surface area (Å²) in [4.78, 5) is 35.7. The van der Waals surface area contributed by atoms with Gasteiger partial charge in [0.2, 0.25) is 0 Å². The van der Waals surface area contributed by atoms with Crippen molar-refractivity contribution in [3.8, 4) is 0 Å². The van der Waals surface area contributed by atoms with Gasteiger partial charge in [-0.3, -0.25) is 14.4 Å². The van der Waals surface area contributed by atoms with E-state index >= 15 is 0 Å². The van der Waals surface area contributed by atoms with Crippen LogP contribution in [0.15, 0.2) is 41.8 Å². The lowest BCUT2D eigenvalue weighted by atomic mass is 9.90. The number of hydrogen-bond donors (Lipinski definition) is 3. The molecule has 0 aliphatic heterocycles. The van der Waals surface area contributed by atoms with Crippen molar-refractivity contribution in [1.82, 2.24) is 10.6 Å². The molecule has 0 atom stereocenters. The van der Waals surface area contributed by atoms with Crippen molar-refractivity contribution in [2.24, 2.45) is 5.41 Å². The van der Waals surface area contributed by atoms with Gasteiger partial charge in [-0.1, -0.05) is 18.2 Å². The number of nitrogens with one attached hydrogen (secondary N) is 2. The van der Waals surface area contributed by atoms with E-state index in [0.717, 1.165) is 5.56 Å². The number of amides is 2. The van der Waals surface area contributed by atoms with Gasteiger partial charge in [0.25, 0.3) is 11.8 Å². The Morgan fingerprint density at radius 3 is 2.31 bits per heavy atom. The molecule has 26 heavy (non-hydrogen) atoms. The average molecular weight is 374 g/mol. The van der Waals surface area contributed by atoms with Crippen molar-refractivity contribution in [1.29, 1.82) is 0 Å². The molecule has 1 aromatic carbocycles. The van der Waals surface area contributed by atoms with Gasteiger partial charge in [-0.2, -0.15) is 0 Å². The van der Waals surface area contributed by atoms with E-state index in [9.17, 15) is 14.4 Å². The standard InChI is InChI=1S/C19H22N2O4S/c1-19(2,18(24)25)9-10-20-16(22)14-7-5-13(6-8-14)12-21-17(23)15-4-3-11-26-15/h3-8,11H,9-10,12H2,1-2H3,(H,20,22)(H,21,23)(H,24,25). The molecule has 1 aromatic heterocycles. The van der Waals surface area contributed by atoms with Gasteiger partial charge in [0, 0.05) is 18.7 Å². The minimum atomic E-state index is -0.888. The van der Waals surface area contributed by atoms with Crippen LogP contribution in [0.25, 0.3) is 0 Å². The predicted molar refractivity (Wildman–Crippen MR) is 100 cm³/mol. The zero-order valence-electron chi connectivity index (χ0n) is 14.7. The van der Waals surface area contributed by atoms with Crippen molar-refractivity contribution in [3.63, 3.8) is 0 Å². The van der Waals surface area contributed by atoms with E-state index in [0.29, 0.717) is 23.4 Å². The van der Waals surface area contributed by atoms with E-state index in [-0.39, 0.29) is 18.4 Å². The van der Waals surface area contributed by atoms with Crippen LogP contribution in [0.1, 0.15) is 45.9 Å². The summed E-state index contributed by atoms with van der Waals surface area (Å²) in [5.74, 6) is -1.26. The molecule has 0 unspecified atom stereocenters. The zero-order chi connectivity index (χ0) is 19.2. The molecule has 1 heterocycles. The second-order valence-electron chi connectivity index (χ2n) is 6.55. The van der Waals surface area contributed by atoms with Crippen molar-refractivity contribution < 1.29 is 19.5 Å². The number of aliphatic carboxylic acids is 1. The summed E-state index contributed by atoms with van der Waals surface area (Å²) in [5, 5.41) is 16.5. The number of carbonyl (C=O) groups is 3. The first-order valence-electron chi connectivity index (χ1n) is 8.22. The third-order valence-corrected chi connectivity index (χ3v) is 4.90. The van der Waals surface area contributed by atoms with E-state index < -0.39 is 11.4 Å². The summed E-state index contributed by atoms with van der Waals surface area (Å²) in [6.45, 7) is 3.92. The van der Waals surface area contributed by atoms with Crippen molar-refractivity contribution in [2.75, 3.05) is 6.54 Å². The molecule has 0 aliphatic rings. The molecule has 0 saturated heterocycles. The van der Waals surface area contributed by atoms with Gasteiger partial charge >= 0.3 is 5.97 Å². The number of thiophene rings is 1. The summed E-state index contributed by atoms with van der Waals surface area (Å²) >= 11 is 1.38. The van der Waals surface area contributed by atoms with E-state index in [1.807, 2.05) is 11.4 Å². The Hall–Kier alpha value is -2.67. The molecule has 2 amide bonds. The summed E-state index contributed by atoms with van der Waals surface area (Å²) in [6.07, 6.45) is 0.348. The van der Waals surface area contributed by atoms with Crippen LogP contribution in [0.4, 0.5) is 0 Å². The molecule has 0 aliphatic carbocycles. The van der Waals surface area contributed by atoms with Crippen molar-refractivity contribution in [3.05, 3.63) is 57.8 Å². The lowest BCUT2D eigenvalue weighted by Crippen LogP contribution is -2.31. The molecular weight excluding hydrogens is 352 g/mol. The van der Waals surface area contributed by atoms with Crippen LogP contribution in [0.3, 0.4) is 0 Å². The number of rotatable bonds is 8. The Kier molecular flexibility index (Phi) is 6.52. The largest absolute Gasteiger partial charge is 0.481 e. The first kappa shape index (κ1) is 19.7. The van der Waals surface area contributed by atoms with Gasteiger partial charge in [-0.25, -0.2) is 0 Å². The van der Waals surface area contributed by atoms with Crippen molar-refractivity contribution >= 4 is 29.1 Å². The third-order valence-electron chi connectivity index (χ3n) is 4.03. The summed E-state index contributed by atoms with van der Waals surface area (Å²) in [5.41, 5.74) is 0.502. The molecule has 7 heteroatoms. The monoisotopic (exact) mass is 374 g/mol. The fourth-order valence-corrected chi connectivity index (χ4v) is 2.79. The van der Waals surface area contributed by atoms with Gasteiger partial charge in [0.15, 0.2) is 0 Å². The molecule has 0 spiro atoms. The van der Waals surface area contributed by atoms with Crippen LogP contribution in [0.5, 0.6) is 0 Å². The smallest absolute Gasteiger partial charge is 0.309 e. The lowest BCUT2D eigenvalue weighted by molar-refractivity contribution is -0.147. The summed E-state index contributed by atoms with van der Waals surface area (Å²) < 4.78 is 0. The molecule has 138 valence electrons. The highest BCUT2D eigenvalue weighted by molar-refractivity contribution is 7.12. The number of carbonyl (C=O) groups excluding carboxylic acids is 2. The van der Waals surface area contributed by atoms with E-state index in [1.54, 1.807) is 44.2 Å². The maximum absolute atomic E-state index is 12.1. The van der Waals surface area contributed by atoms with E-state index in [2.05, 4.69) is 10.6 Å². The van der Waals surface area contributed by atoms with Crippen LogP contribution in [0.2, 0.25) is 0 Å². The van der Waals surface area contributed by atoms with E-state index in [1.165, 1.54) is 11.3 Å². The van der Waals surface area contributed by atoms with Crippen LogP contribution < -0.4 is 10.6 Å². The Morgan fingerprint density at radius 1 is 1.04 bits per heavy atom. The normalized spacial score (nSPS) is 11.0. The molecular formula is C19H22N2O4S. The number of benzene rings is 1. The first-order chi connectivity index (χ1) is 12.3. The summed E-state index contributed by atoms with van der Waals surface area (Å²) in [6, 6.07) is 10.5. The molecule has 3 N–H and O–H groups in total. The van der Waals surface area contributed by atoms with Gasteiger partial charge in [0.05, 0.1) is 10.3 Å². The maximum Gasteiger partial charge on any atom is 0.309 e.